The first kappa shape index (κ1) is 11.0. The minimum atomic E-state index is -1.01. The Morgan fingerprint density at radius 2 is 2.21 bits per heavy atom. The third kappa shape index (κ3) is 2.26. The quantitative estimate of drug-likeness (QED) is 0.786. The molecule has 4 heteroatoms. The zero-order chi connectivity index (χ0) is 10.7. The minimum absolute atomic E-state index is 0.240. The molecule has 2 nitrogen and oxygen atoms in total. The van der Waals surface area contributed by atoms with Gasteiger partial charge in [0, 0.05) is 10.5 Å². The van der Waals surface area contributed by atoms with Crippen LogP contribution in [0.5, 0.6) is 0 Å². The predicted octanol–water partition coefficient (Wildman–Crippen LogP) is 2.74. The highest BCUT2D eigenvalue weighted by atomic mass is 32.2. The van der Waals surface area contributed by atoms with Gasteiger partial charge in [0.2, 0.25) is 0 Å². The van der Waals surface area contributed by atoms with Crippen molar-refractivity contribution in [2.24, 2.45) is 0 Å². The number of carbonyl (C=O) groups is 1. The van der Waals surface area contributed by atoms with Crippen LogP contribution >= 0.6 is 11.8 Å². The van der Waals surface area contributed by atoms with Crippen molar-refractivity contribution in [2.45, 2.75) is 17.7 Å². The fraction of sp³-hybridized carbons (Fsp3) is 0.300. The van der Waals surface area contributed by atoms with Gasteiger partial charge in [-0.15, -0.1) is 11.8 Å². The van der Waals surface area contributed by atoms with Gasteiger partial charge in [-0.1, -0.05) is 0 Å². The number of benzene rings is 1. The summed E-state index contributed by atoms with van der Waals surface area (Å²) in [5.74, 6) is -2.28. The number of carboxylic acids is 1. The molecule has 1 atom stereocenters. The normalized spacial score (nSPS) is 12.5. The summed E-state index contributed by atoms with van der Waals surface area (Å²) >= 11 is 1.46. The zero-order valence-electron chi connectivity index (χ0n) is 7.95. The van der Waals surface area contributed by atoms with Crippen LogP contribution in [0.3, 0.4) is 0 Å². The summed E-state index contributed by atoms with van der Waals surface area (Å²) < 4.78 is 13.2. The molecule has 1 rings (SSSR count). The van der Waals surface area contributed by atoms with Crippen molar-refractivity contribution in [1.82, 2.24) is 0 Å². The number of halogens is 1. The van der Waals surface area contributed by atoms with Crippen LogP contribution in [0, 0.1) is 5.82 Å². The first-order valence-corrected chi connectivity index (χ1v) is 5.35. The summed E-state index contributed by atoms with van der Waals surface area (Å²) in [6.45, 7) is 1.48. The standard InChI is InChI=1S/C10H11FO2S/c1-6(10(12)13)8-5-7(14-2)3-4-9(8)11/h3-6H,1-2H3,(H,12,13). The second-order valence-corrected chi connectivity index (χ2v) is 3.83. The number of hydrogen-bond acceptors (Lipinski definition) is 2. The molecular weight excluding hydrogens is 203 g/mol. The molecule has 0 saturated carbocycles. The van der Waals surface area contributed by atoms with E-state index in [4.69, 9.17) is 5.11 Å². The fourth-order valence-electron chi connectivity index (χ4n) is 1.11. The fourth-order valence-corrected chi connectivity index (χ4v) is 1.56. The van der Waals surface area contributed by atoms with Crippen LogP contribution in [0.25, 0.3) is 0 Å². The lowest BCUT2D eigenvalue weighted by molar-refractivity contribution is -0.138. The van der Waals surface area contributed by atoms with E-state index in [2.05, 4.69) is 0 Å². The van der Waals surface area contributed by atoms with Gasteiger partial charge in [-0.25, -0.2) is 4.39 Å². The van der Waals surface area contributed by atoms with Crippen molar-refractivity contribution in [3.05, 3.63) is 29.6 Å². The van der Waals surface area contributed by atoms with Gasteiger partial charge in [0.25, 0.3) is 0 Å². The Morgan fingerprint density at radius 3 is 2.71 bits per heavy atom. The van der Waals surface area contributed by atoms with Gasteiger partial charge in [-0.2, -0.15) is 0 Å². The molecule has 14 heavy (non-hydrogen) atoms. The van der Waals surface area contributed by atoms with E-state index < -0.39 is 17.7 Å². The molecule has 1 aromatic carbocycles. The molecule has 0 heterocycles. The Hall–Kier alpha value is -1.03. The lowest BCUT2D eigenvalue weighted by Gasteiger charge is -2.09. The van der Waals surface area contributed by atoms with Gasteiger partial charge in [0.15, 0.2) is 0 Å². The van der Waals surface area contributed by atoms with Crippen molar-refractivity contribution < 1.29 is 14.3 Å². The number of carboxylic acid groups (broad SMARTS) is 1. The van der Waals surface area contributed by atoms with Crippen molar-refractivity contribution >= 4 is 17.7 Å². The van der Waals surface area contributed by atoms with E-state index in [1.165, 1.54) is 24.8 Å². The van der Waals surface area contributed by atoms with E-state index in [9.17, 15) is 9.18 Å². The summed E-state index contributed by atoms with van der Waals surface area (Å²) in [5.41, 5.74) is 0.240. The highest BCUT2D eigenvalue weighted by Gasteiger charge is 2.17. The van der Waals surface area contributed by atoms with Crippen molar-refractivity contribution in [3.8, 4) is 0 Å². The molecule has 76 valence electrons. The van der Waals surface area contributed by atoms with Gasteiger partial charge in [0.1, 0.15) is 5.82 Å². The molecule has 0 aliphatic rings. The lowest BCUT2D eigenvalue weighted by Crippen LogP contribution is -2.09. The predicted molar refractivity (Wildman–Crippen MR) is 54.2 cm³/mol. The van der Waals surface area contributed by atoms with Crippen LogP contribution < -0.4 is 0 Å². The molecule has 1 unspecified atom stereocenters. The van der Waals surface area contributed by atoms with Crippen LogP contribution in [0.15, 0.2) is 23.1 Å². The Morgan fingerprint density at radius 1 is 1.57 bits per heavy atom. The molecule has 0 spiro atoms. The van der Waals surface area contributed by atoms with Crippen molar-refractivity contribution in [2.75, 3.05) is 6.26 Å². The molecule has 0 bridgehead atoms. The molecule has 0 aromatic heterocycles. The Kier molecular flexibility index (Phi) is 3.52. The molecule has 0 amide bonds. The monoisotopic (exact) mass is 214 g/mol. The summed E-state index contributed by atoms with van der Waals surface area (Å²) in [6.07, 6.45) is 1.86. The second-order valence-electron chi connectivity index (χ2n) is 2.95. The zero-order valence-corrected chi connectivity index (χ0v) is 8.77. The summed E-state index contributed by atoms with van der Waals surface area (Å²) in [5, 5.41) is 8.75. The smallest absolute Gasteiger partial charge is 0.310 e. The molecule has 0 fully saturated rings. The Balaban J connectivity index is 3.11. The van der Waals surface area contributed by atoms with Crippen LogP contribution in [-0.4, -0.2) is 17.3 Å². The maximum Gasteiger partial charge on any atom is 0.310 e. The third-order valence-corrected chi connectivity index (χ3v) is 2.77. The highest BCUT2D eigenvalue weighted by Crippen LogP contribution is 2.24. The third-order valence-electron chi connectivity index (χ3n) is 2.04. The SMILES string of the molecule is CSc1ccc(F)c(C(C)C(=O)O)c1. The van der Waals surface area contributed by atoms with E-state index in [1.807, 2.05) is 6.26 Å². The van der Waals surface area contributed by atoms with Gasteiger partial charge < -0.3 is 5.11 Å². The minimum Gasteiger partial charge on any atom is -0.481 e. The van der Waals surface area contributed by atoms with Gasteiger partial charge in [-0.3, -0.25) is 4.79 Å². The van der Waals surface area contributed by atoms with E-state index in [0.29, 0.717) is 0 Å². The topological polar surface area (TPSA) is 37.3 Å². The van der Waals surface area contributed by atoms with Gasteiger partial charge in [-0.05, 0) is 31.4 Å². The first-order chi connectivity index (χ1) is 6.56. The van der Waals surface area contributed by atoms with E-state index >= 15 is 0 Å². The summed E-state index contributed by atoms with van der Waals surface area (Å²) in [6, 6.07) is 4.53. The summed E-state index contributed by atoms with van der Waals surface area (Å²) in [7, 11) is 0. The van der Waals surface area contributed by atoms with E-state index in [0.717, 1.165) is 4.90 Å². The maximum atomic E-state index is 13.2. The number of aliphatic carboxylic acids is 1. The second kappa shape index (κ2) is 4.46. The molecule has 0 aliphatic carbocycles. The number of hydrogen-bond donors (Lipinski definition) is 1. The Bertz CT molecular complexity index is 352. The molecule has 0 aliphatic heterocycles. The summed E-state index contributed by atoms with van der Waals surface area (Å²) in [4.78, 5) is 11.5. The first-order valence-electron chi connectivity index (χ1n) is 4.12. The molecular formula is C10H11FO2S. The van der Waals surface area contributed by atoms with E-state index in [-0.39, 0.29) is 5.56 Å². The van der Waals surface area contributed by atoms with Gasteiger partial charge >= 0.3 is 5.97 Å². The Labute approximate surface area is 86.1 Å². The molecule has 0 radical (unpaired) electrons. The van der Waals surface area contributed by atoms with Gasteiger partial charge in [0.05, 0.1) is 5.92 Å². The lowest BCUT2D eigenvalue weighted by atomic mass is 10.0. The van der Waals surface area contributed by atoms with Crippen molar-refractivity contribution in [3.63, 3.8) is 0 Å². The highest BCUT2D eigenvalue weighted by molar-refractivity contribution is 7.98. The molecule has 0 saturated heterocycles. The maximum absolute atomic E-state index is 13.2. The average Bonchev–Trinajstić information content (AvgIpc) is 2.17. The van der Waals surface area contributed by atoms with Crippen LogP contribution in [0.4, 0.5) is 4.39 Å². The average molecular weight is 214 g/mol. The molecule has 1 N–H and O–H groups in total. The number of thioether (sulfide) groups is 1. The van der Waals surface area contributed by atoms with Crippen molar-refractivity contribution in [1.29, 1.82) is 0 Å². The van der Waals surface area contributed by atoms with E-state index in [1.54, 1.807) is 12.1 Å². The van der Waals surface area contributed by atoms with Crippen LogP contribution in [0.2, 0.25) is 0 Å². The molecule has 1 aromatic rings. The largest absolute Gasteiger partial charge is 0.481 e. The number of rotatable bonds is 3. The van der Waals surface area contributed by atoms with Crippen LogP contribution in [-0.2, 0) is 4.79 Å². The van der Waals surface area contributed by atoms with Crippen LogP contribution in [0.1, 0.15) is 18.4 Å².